The molecule has 1 fully saturated rings. The third kappa shape index (κ3) is 3.75. The molecule has 1 amide bonds. The Balaban J connectivity index is 1.70. The van der Waals surface area contributed by atoms with Gasteiger partial charge in [-0.3, -0.25) is 4.79 Å². The summed E-state index contributed by atoms with van der Waals surface area (Å²) in [6.45, 7) is 0. The Kier molecular flexibility index (Phi) is 4.59. The monoisotopic (exact) mass is 378 g/mol. The molecule has 1 saturated heterocycles. The second kappa shape index (κ2) is 6.62. The topological polar surface area (TPSA) is 41.5 Å². The van der Waals surface area contributed by atoms with E-state index in [9.17, 15) is 9.18 Å². The molecule has 0 aliphatic carbocycles. The number of amides is 1. The number of amidine groups is 1. The summed E-state index contributed by atoms with van der Waals surface area (Å²) in [6.07, 6.45) is 0.552. The summed E-state index contributed by atoms with van der Waals surface area (Å²) in [7, 11) is 0. The standard InChI is InChI=1S/C16H12BrFN2OS/c17-11-3-7-13(8-4-11)19-16-20-15(21)14(22-16)9-10-1-5-12(18)6-2-10/h1-8,14H,9H2,(H,19,20,21). The van der Waals surface area contributed by atoms with Crippen molar-refractivity contribution in [2.24, 2.45) is 4.99 Å². The number of carbonyl (C=O) groups excluding carboxylic acids is 1. The minimum atomic E-state index is -0.273. The van der Waals surface area contributed by atoms with Crippen LogP contribution in [0.15, 0.2) is 58.0 Å². The van der Waals surface area contributed by atoms with Crippen molar-refractivity contribution in [1.29, 1.82) is 0 Å². The molecule has 22 heavy (non-hydrogen) atoms. The van der Waals surface area contributed by atoms with Crippen LogP contribution in [0.5, 0.6) is 0 Å². The summed E-state index contributed by atoms with van der Waals surface area (Å²) in [5.74, 6) is -0.338. The van der Waals surface area contributed by atoms with E-state index in [2.05, 4.69) is 26.2 Å². The highest BCUT2D eigenvalue weighted by molar-refractivity contribution is 9.10. The Bertz CT molecular complexity index is 716. The van der Waals surface area contributed by atoms with Gasteiger partial charge in [-0.25, -0.2) is 9.38 Å². The highest BCUT2D eigenvalue weighted by Crippen LogP contribution is 2.26. The van der Waals surface area contributed by atoms with E-state index in [-0.39, 0.29) is 17.0 Å². The fraction of sp³-hybridized carbons (Fsp3) is 0.125. The van der Waals surface area contributed by atoms with Gasteiger partial charge in [-0.15, -0.1) is 0 Å². The zero-order valence-corrected chi connectivity index (χ0v) is 13.8. The molecular formula is C16H12BrFN2OS. The number of nitrogens with one attached hydrogen (secondary N) is 1. The van der Waals surface area contributed by atoms with E-state index in [0.717, 1.165) is 15.7 Å². The summed E-state index contributed by atoms with van der Waals surface area (Å²) < 4.78 is 13.9. The van der Waals surface area contributed by atoms with E-state index in [0.29, 0.717) is 11.6 Å². The Morgan fingerprint density at radius 1 is 1.14 bits per heavy atom. The molecule has 1 aliphatic rings. The van der Waals surface area contributed by atoms with E-state index in [1.807, 2.05) is 24.3 Å². The number of hydrogen-bond donors (Lipinski definition) is 1. The van der Waals surface area contributed by atoms with Crippen molar-refractivity contribution in [3.8, 4) is 0 Å². The number of thioether (sulfide) groups is 1. The molecule has 3 nitrogen and oxygen atoms in total. The summed E-state index contributed by atoms with van der Waals surface area (Å²) in [4.78, 5) is 16.4. The maximum atomic E-state index is 12.9. The maximum absolute atomic E-state index is 12.9. The van der Waals surface area contributed by atoms with Gasteiger partial charge < -0.3 is 5.32 Å². The van der Waals surface area contributed by atoms with Gasteiger partial charge in [0.25, 0.3) is 0 Å². The molecule has 0 radical (unpaired) electrons. The van der Waals surface area contributed by atoms with Crippen LogP contribution >= 0.6 is 27.7 Å². The number of aliphatic imine (C=N–C) groups is 1. The zero-order chi connectivity index (χ0) is 15.5. The molecule has 1 unspecified atom stereocenters. The molecule has 0 aromatic heterocycles. The van der Waals surface area contributed by atoms with Gasteiger partial charge in [0.1, 0.15) is 5.82 Å². The molecule has 0 spiro atoms. The minimum Gasteiger partial charge on any atom is -0.304 e. The first kappa shape index (κ1) is 15.2. The van der Waals surface area contributed by atoms with Crippen molar-refractivity contribution < 1.29 is 9.18 Å². The van der Waals surface area contributed by atoms with Crippen LogP contribution in [0.4, 0.5) is 10.1 Å². The molecular weight excluding hydrogens is 367 g/mol. The Hall–Kier alpha value is -1.66. The number of rotatable bonds is 3. The summed E-state index contributed by atoms with van der Waals surface area (Å²) in [6, 6.07) is 13.8. The fourth-order valence-corrected chi connectivity index (χ4v) is 3.35. The molecule has 3 rings (SSSR count). The fourth-order valence-electron chi connectivity index (χ4n) is 2.06. The van der Waals surface area contributed by atoms with Gasteiger partial charge in [-0.05, 0) is 48.4 Å². The number of hydrogen-bond acceptors (Lipinski definition) is 3. The maximum Gasteiger partial charge on any atom is 0.239 e. The van der Waals surface area contributed by atoms with Gasteiger partial charge in [0.05, 0.1) is 10.9 Å². The lowest BCUT2D eigenvalue weighted by molar-refractivity contribution is -0.118. The van der Waals surface area contributed by atoms with Crippen LogP contribution < -0.4 is 5.32 Å². The molecule has 2 aromatic carbocycles. The smallest absolute Gasteiger partial charge is 0.239 e. The molecule has 0 saturated carbocycles. The Morgan fingerprint density at radius 3 is 2.50 bits per heavy atom. The first-order chi connectivity index (χ1) is 10.6. The first-order valence-corrected chi connectivity index (χ1v) is 8.33. The summed E-state index contributed by atoms with van der Waals surface area (Å²) in [5.41, 5.74) is 1.72. The van der Waals surface area contributed by atoms with Crippen LogP contribution in [-0.2, 0) is 11.2 Å². The molecule has 1 N–H and O–H groups in total. The average Bonchev–Trinajstić information content (AvgIpc) is 2.84. The van der Waals surface area contributed by atoms with Crippen LogP contribution in [0, 0.1) is 5.82 Å². The normalized spacial score (nSPS) is 19.5. The van der Waals surface area contributed by atoms with E-state index in [1.165, 1.54) is 23.9 Å². The van der Waals surface area contributed by atoms with Gasteiger partial charge in [-0.2, -0.15) is 0 Å². The van der Waals surface area contributed by atoms with Crippen molar-refractivity contribution in [3.63, 3.8) is 0 Å². The average molecular weight is 379 g/mol. The van der Waals surface area contributed by atoms with Crippen molar-refractivity contribution in [3.05, 3.63) is 64.4 Å². The predicted molar refractivity (Wildman–Crippen MR) is 90.9 cm³/mol. The van der Waals surface area contributed by atoms with Gasteiger partial charge in [0.15, 0.2) is 5.17 Å². The Morgan fingerprint density at radius 2 is 1.82 bits per heavy atom. The third-order valence-corrected chi connectivity index (χ3v) is 4.78. The van der Waals surface area contributed by atoms with Crippen LogP contribution in [0.1, 0.15) is 5.56 Å². The lowest BCUT2D eigenvalue weighted by atomic mass is 10.1. The number of carbonyl (C=O) groups is 1. The minimum absolute atomic E-state index is 0.0646. The van der Waals surface area contributed by atoms with Gasteiger partial charge in [0, 0.05) is 4.47 Å². The third-order valence-electron chi connectivity index (χ3n) is 3.17. The SMILES string of the molecule is O=C1NC(=Nc2ccc(Br)cc2)SC1Cc1ccc(F)cc1. The second-order valence-electron chi connectivity index (χ2n) is 4.82. The van der Waals surface area contributed by atoms with Crippen molar-refractivity contribution in [1.82, 2.24) is 5.32 Å². The Labute approximate surface area is 140 Å². The lowest BCUT2D eigenvalue weighted by Crippen LogP contribution is -2.25. The number of nitrogens with zero attached hydrogens (tertiary/aromatic N) is 1. The largest absolute Gasteiger partial charge is 0.304 e. The second-order valence-corrected chi connectivity index (χ2v) is 6.93. The number of halogens is 2. The summed E-state index contributed by atoms with van der Waals surface area (Å²) >= 11 is 4.77. The van der Waals surface area contributed by atoms with E-state index in [1.54, 1.807) is 12.1 Å². The van der Waals surface area contributed by atoms with Gasteiger partial charge in [-0.1, -0.05) is 39.8 Å². The van der Waals surface area contributed by atoms with Crippen molar-refractivity contribution in [2.45, 2.75) is 11.7 Å². The summed E-state index contributed by atoms with van der Waals surface area (Å²) in [5, 5.41) is 3.15. The molecule has 2 aromatic rings. The first-order valence-electron chi connectivity index (χ1n) is 6.66. The van der Waals surface area contributed by atoms with E-state index < -0.39 is 0 Å². The van der Waals surface area contributed by atoms with Crippen LogP contribution in [0.25, 0.3) is 0 Å². The predicted octanol–water partition coefficient (Wildman–Crippen LogP) is 4.05. The highest BCUT2D eigenvalue weighted by Gasteiger charge is 2.30. The van der Waals surface area contributed by atoms with Crippen LogP contribution in [0.3, 0.4) is 0 Å². The lowest BCUT2D eigenvalue weighted by Gasteiger charge is -2.04. The highest BCUT2D eigenvalue weighted by atomic mass is 79.9. The van der Waals surface area contributed by atoms with E-state index >= 15 is 0 Å². The molecule has 1 aliphatic heterocycles. The molecule has 112 valence electrons. The van der Waals surface area contributed by atoms with Crippen molar-refractivity contribution >= 4 is 44.5 Å². The van der Waals surface area contributed by atoms with Crippen LogP contribution in [0.2, 0.25) is 0 Å². The van der Waals surface area contributed by atoms with Crippen molar-refractivity contribution in [2.75, 3.05) is 0 Å². The molecule has 1 atom stereocenters. The van der Waals surface area contributed by atoms with Gasteiger partial charge >= 0.3 is 0 Å². The molecule has 0 bridgehead atoms. The van der Waals surface area contributed by atoms with Crippen LogP contribution in [-0.4, -0.2) is 16.3 Å². The van der Waals surface area contributed by atoms with Gasteiger partial charge in [0.2, 0.25) is 5.91 Å². The molecule has 6 heteroatoms. The molecule has 1 heterocycles. The van der Waals surface area contributed by atoms with E-state index in [4.69, 9.17) is 0 Å². The zero-order valence-electron chi connectivity index (χ0n) is 11.4. The quantitative estimate of drug-likeness (QED) is 0.874. The number of benzene rings is 2.